The van der Waals surface area contributed by atoms with E-state index < -0.39 is 0 Å². The molecule has 1 amide bonds. The zero-order valence-corrected chi connectivity index (χ0v) is 16.3. The summed E-state index contributed by atoms with van der Waals surface area (Å²) in [6.07, 6.45) is 0.0800. The lowest BCUT2D eigenvalue weighted by molar-refractivity contribution is -0.123. The quantitative estimate of drug-likeness (QED) is 0.691. The predicted molar refractivity (Wildman–Crippen MR) is 101 cm³/mol. The predicted octanol–water partition coefficient (Wildman–Crippen LogP) is 1.45. The van der Waals surface area contributed by atoms with Crippen molar-refractivity contribution in [2.24, 2.45) is 5.73 Å². The largest absolute Gasteiger partial charge is 0.380 e. The van der Waals surface area contributed by atoms with Gasteiger partial charge in [-0.25, -0.2) is 0 Å². The van der Waals surface area contributed by atoms with Gasteiger partial charge in [0.15, 0.2) is 0 Å². The molecule has 1 aromatic rings. The van der Waals surface area contributed by atoms with Crippen molar-refractivity contribution in [3.8, 4) is 0 Å². The summed E-state index contributed by atoms with van der Waals surface area (Å²) in [5.41, 5.74) is 5.56. The molecule has 1 aromatic heterocycles. The molecule has 1 aliphatic rings. The van der Waals surface area contributed by atoms with Crippen LogP contribution in [-0.2, 0) is 14.3 Å². The molecule has 9 heteroatoms. The van der Waals surface area contributed by atoms with Crippen LogP contribution < -0.4 is 11.1 Å². The minimum Gasteiger partial charge on any atom is -0.380 e. The van der Waals surface area contributed by atoms with Crippen LogP contribution in [0.4, 0.5) is 0 Å². The number of nitrogens with one attached hydrogen (secondary N) is 1. The summed E-state index contributed by atoms with van der Waals surface area (Å²) in [7, 11) is 1.58. The molecule has 1 aliphatic heterocycles. The molecule has 3 N–H and O–H groups in total. The monoisotopic (exact) mass is 399 g/mol. The standard InChI is InChI=1S/C15H25N3O3S.2ClH/c1-20-12(10-16)9-15(19)17-11-13(14-3-2-8-22-14)18-4-6-21-7-5-18;;/h2-3,8,12-13H,4-7,9-11,16H2,1H3,(H,17,19);2*1H. The Kier molecular flexibility index (Phi) is 12.7. The number of halogens is 2. The lowest BCUT2D eigenvalue weighted by Crippen LogP contribution is -2.44. The highest BCUT2D eigenvalue weighted by molar-refractivity contribution is 7.10. The van der Waals surface area contributed by atoms with E-state index >= 15 is 0 Å². The van der Waals surface area contributed by atoms with Gasteiger partial charge in [0.05, 0.1) is 31.8 Å². The highest BCUT2D eigenvalue weighted by Crippen LogP contribution is 2.25. The summed E-state index contributed by atoms with van der Waals surface area (Å²) in [6.45, 7) is 4.22. The maximum Gasteiger partial charge on any atom is 0.222 e. The van der Waals surface area contributed by atoms with Crippen LogP contribution in [0.2, 0.25) is 0 Å². The number of hydrogen-bond acceptors (Lipinski definition) is 6. The van der Waals surface area contributed by atoms with E-state index in [2.05, 4.69) is 21.7 Å². The molecule has 2 unspecified atom stereocenters. The zero-order valence-electron chi connectivity index (χ0n) is 13.8. The summed E-state index contributed by atoms with van der Waals surface area (Å²) >= 11 is 1.72. The van der Waals surface area contributed by atoms with Crippen molar-refractivity contribution in [2.75, 3.05) is 46.5 Å². The first-order chi connectivity index (χ1) is 10.7. The van der Waals surface area contributed by atoms with Gasteiger partial charge in [-0.2, -0.15) is 0 Å². The van der Waals surface area contributed by atoms with Gasteiger partial charge < -0.3 is 20.5 Å². The van der Waals surface area contributed by atoms with E-state index in [1.807, 2.05) is 6.07 Å². The number of rotatable bonds is 8. The number of ether oxygens (including phenoxy) is 2. The van der Waals surface area contributed by atoms with Crippen LogP contribution in [0, 0.1) is 0 Å². The minimum absolute atomic E-state index is 0. The van der Waals surface area contributed by atoms with E-state index in [9.17, 15) is 4.79 Å². The average molecular weight is 400 g/mol. The molecular weight excluding hydrogens is 373 g/mol. The third-order valence-corrected chi connectivity index (χ3v) is 4.83. The molecule has 1 saturated heterocycles. The van der Waals surface area contributed by atoms with Crippen molar-refractivity contribution in [3.05, 3.63) is 22.4 Å². The summed E-state index contributed by atoms with van der Waals surface area (Å²) in [5, 5.41) is 5.09. The van der Waals surface area contributed by atoms with Crippen LogP contribution in [-0.4, -0.2) is 63.4 Å². The second-order valence-electron chi connectivity index (χ2n) is 5.28. The third-order valence-electron chi connectivity index (χ3n) is 3.86. The molecule has 0 radical (unpaired) electrons. The number of carbonyl (C=O) groups is 1. The first kappa shape index (κ1) is 23.6. The van der Waals surface area contributed by atoms with Gasteiger partial charge >= 0.3 is 0 Å². The normalized spacial score (nSPS) is 17.2. The Morgan fingerprint density at radius 1 is 1.46 bits per heavy atom. The minimum atomic E-state index is -0.219. The van der Waals surface area contributed by atoms with Crippen molar-refractivity contribution in [2.45, 2.75) is 18.6 Å². The Balaban J connectivity index is 0.00000264. The van der Waals surface area contributed by atoms with Crippen molar-refractivity contribution in [1.82, 2.24) is 10.2 Å². The number of thiophene rings is 1. The molecule has 0 aliphatic carbocycles. The van der Waals surface area contributed by atoms with Gasteiger partial charge in [-0.3, -0.25) is 9.69 Å². The Bertz CT molecular complexity index is 441. The molecule has 6 nitrogen and oxygen atoms in total. The SMILES string of the molecule is COC(CN)CC(=O)NCC(c1cccs1)N1CCOCC1.Cl.Cl. The van der Waals surface area contributed by atoms with E-state index in [1.165, 1.54) is 4.88 Å². The van der Waals surface area contributed by atoms with E-state index in [0.29, 0.717) is 19.5 Å². The summed E-state index contributed by atoms with van der Waals surface area (Å²) in [5.74, 6) is -0.0212. The van der Waals surface area contributed by atoms with Gasteiger partial charge in [-0.1, -0.05) is 6.07 Å². The Labute approximate surface area is 159 Å². The van der Waals surface area contributed by atoms with Crippen molar-refractivity contribution >= 4 is 42.1 Å². The lowest BCUT2D eigenvalue weighted by atomic mass is 10.1. The molecule has 2 atom stereocenters. The summed E-state index contributed by atoms with van der Waals surface area (Å²) in [6, 6.07) is 4.37. The molecular formula is C15H27Cl2N3O3S. The average Bonchev–Trinajstić information content (AvgIpc) is 3.08. The molecule has 0 saturated carbocycles. The van der Waals surface area contributed by atoms with Crippen LogP contribution in [0.15, 0.2) is 17.5 Å². The van der Waals surface area contributed by atoms with Crippen molar-refractivity contribution in [3.63, 3.8) is 0 Å². The van der Waals surface area contributed by atoms with Gasteiger partial charge in [-0.05, 0) is 11.4 Å². The fourth-order valence-corrected chi connectivity index (χ4v) is 3.39. The highest BCUT2D eigenvalue weighted by atomic mass is 35.5. The number of nitrogens with zero attached hydrogens (tertiary/aromatic N) is 1. The van der Waals surface area contributed by atoms with Gasteiger partial charge in [0.2, 0.25) is 5.91 Å². The van der Waals surface area contributed by atoms with Crippen molar-refractivity contribution in [1.29, 1.82) is 0 Å². The summed E-state index contributed by atoms with van der Waals surface area (Å²) in [4.78, 5) is 15.7. The van der Waals surface area contributed by atoms with Crippen LogP contribution in [0.3, 0.4) is 0 Å². The van der Waals surface area contributed by atoms with E-state index in [4.69, 9.17) is 15.2 Å². The smallest absolute Gasteiger partial charge is 0.222 e. The van der Waals surface area contributed by atoms with E-state index in [0.717, 1.165) is 26.3 Å². The van der Waals surface area contributed by atoms with Gasteiger partial charge in [0.1, 0.15) is 0 Å². The zero-order chi connectivity index (χ0) is 15.8. The Morgan fingerprint density at radius 2 is 2.17 bits per heavy atom. The molecule has 24 heavy (non-hydrogen) atoms. The first-order valence-electron chi connectivity index (χ1n) is 7.59. The lowest BCUT2D eigenvalue weighted by Gasteiger charge is -2.34. The maximum absolute atomic E-state index is 12.0. The molecule has 1 fully saturated rings. The first-order valence-corrected chi connectivity index (χ1v) is 8.47. The van der Waals surface area contributed by atoms with E-state index in [1.54, 1.807) is 18.4 Å². The van der Waals surface area contributed by atoms with Crippen molar-refractivity contribution < 1.29 is 14.3 Å². The molecule has 140 valence electrons. The molecule has 2 heterocycles. The Hall–Kier alpha value is -0.410. The Morgan fingerprint density at radius 3 is 2.71 bits per heavy atom. The fourth-order valence-electron chi connectivity index (χ4n) is 2.53. The number of amides is 1. The number of carbonyl (C=O) groups excluding carboxylic acids is 1. The highest BCUT2D eigenvalue weighted by Gasteiger charge is 2.24. The second kappa shape index (κ2) is 12.9. The molecule has 0 bridgehead atoms. The maximum atomic E-state index is 12.0. The van der Waals surface area contributed by atoms with Crippen LogP contribution in [0.1, 0.15) is 17.3 Å². The van der Waals surface area contributed by atoms with Crippen LogP contribution >= 0.6 is 36.2 Å². The third kappa shape index (κ3) is 7.23. The number of morpholine rings is 1. The molecule has 0 spiro atoms. The van der Waals surface area contributed by atoms with Gasteiger partial charge in [-0.15, -0.1) is 36.2 Å². The number of nitrogens with two attached hydrogens (primary N) is 1. The van der Waals surface area contributed by atoms with Gasteiger partial charge in [0.25, 0.3) is 0 Å². The van der Waals surface area contributed by atoms with E-state index in [-0.39, 0.29) is 42.9 Å². The number of hydrogen-bond donors (Lipinski definition) is 2. The summed E-state index contributed by atoms with van der Waals surface area (Å²) < 4.78 is 10.6. The number of methoxy groups -OCH3 is 1. The van der Waals surface area contributed by atoms with Crippen LogP contribution in [0.5, 0.6) is 0 Å². The van der Waals surface area contributed by atoms with Crippen LogP contribution in [0.25, 0.3) is 0 Å². The molecule has 0 aromatic carbocycles. The topological polar surface area (TPSA) is 76.8 Å². The van der Waals surface area contributed by atoms with Gasteiger partial charge in [0, 0.05) is 38.2 Å². The molecule has 2 rings (SSSR count). The fraction of sp³-hybridized carbons (Fsp3) is 0.667. The second-order valence-corrected chi connectivity index (χ2v) is 6.26.